The maximum Gasteiger partial charge on any atom is 0.488 e. The summed E-state index contributed by atoms with van der Waals surface area (Å²) in [4.78, 5) is 25.5. The van der Waals surface area contributed by atoms with Gasteiger partial charge in [-0.15, -0.1) is 0 Å². The van der Waals surface area contributed by atoms with Gasteiger partial charge in [-0.2, -0.15) is 0 Å². The van der Waals surface area contributed by atoms with Crippen LogP contribution in [0, 0.1) is 0 Å². The van der Waals surface area contributed by atoms with E-state index in [1.54, 1.807) is 36.4 Å². The fraction of sp³-hybridized carbons (Fsp3) is 0.125. The van der Waals surface area contributed by atoms with Crippen LogP contribution >= 0.6 is 0 Å². The molecule has 1 aliphatic rings. The van der Waals surface area contributed by atoms with Gasteiger partial charge in [0, 0.05) is 0 Å². The van der Waals surface area contributed by atoms with Crippen LogP contribution in [-0.2, 0) is 0 Å². The molecule has 0 bridgehead atoms. The number of nitrogens with zero attached hydrogens (tertiary/aromatic N) is 1. The molecule has 2 amide bonds. The first kappa shape index (κ1) is 15.3. The average molecular weight is 311 g/mol. The number of hydrogen-bond donors (Lipinski definition) is 2. The van der Waals surface area contributed by atoms with Crippen LogP contribution in [0.4, 0.5) is 0 Å². The highest BCUT2D eigenvalue weighted by molar-refractivity contribution is 6.58. The predicted molar refractivity (Wildman–Crippen MR) is 83.6 cm³/mol. The summed E-state index contributed by atoms with van der Waals surface area (Å²) in [5.41, 5.74) is 1.19. The van der Waals surface area contributed by atoms with Crippen molar-refractivity contribution in [2.45, 2.75) is 0 Å². The summed E-state index contributed by atoms with van der Waals surface area (Å²) in [7, 11) is -1.53. The van der Waals surface area contributed by atoms with Crippen LogP contribution in [0.15, 0.2) is 48.5 Å². The summed E-state index contributed by atoms with van der Waals surface area (Å²) in [6.07, 6.45) is 0. The second-order valence-electron chi connectivity index (χ2n) is 5.10. The van der Waals surface area contributed by atoms with E-state index in [9.17, 15) is 9.59 Å². The molecule has 0 aromatic heterocycles. The molecular formula is C16H14BNO5. The smallest absolute Gasteiger partial charge is 0.488 e. The number of amides is 2. The Balaban J connectivity index is 1.59. The predicted octanol–water partition coefficient (Wildman–Crippen LogP) is 0.0414. The van der Waals surface area contributed by atoms with Crippen molar-refractivity contribution in [2.24, 2.45) is 0 Å². The number of fused-ring (bicyclic) bond motifs is 1. The van der Waals surface area contributed by atoms with Crippen LogP contribution in [0.25, 0.3) is 0 Å². The van der Waals surface area contributed by atoms with Crippen LogP contribution < -0.4 is 10.2 Å². The zero-order valence-corrected chi connectivity index (χ0v) is 12.2. The molecule has 0 atom stereocenters. The normalized spacial score (nSPS) is 13.2. The Morgan fingerprint density at radius 2 is 1.48 bits per heavy atom. The lowest BCUT2D eigenvalue weighted by atomic mass is 9.80. The van der Waals surface area contributed by atoms with Gasteiger partial charge in [0.2, 0.25) is 0 Å². The van der Waals surface area contributed by atoms with E-state index in [4.69, 9.17) is 14.8 Å². The van der Waals surface area contributed by atoms with E-state index in [0.717, 1.165) is 4.90 Å². The number of imide groups is 1. The first-order valence-electron chi connectivity index (χ1n) is 7.12. The van der Waals surface area contributed by atoms with Gasteiger partial charge in [-0.05, 0) is 29.7 Å². The maximum atomic E-state index is 12.2. The second-order valence-corrected chi connectivity index (χ2v) is 5.10. The second kappa shape index (κ2) is 6.24. The van der Waals surface area contributed by atoms with Gasteiger partial charge in [0.05, 0.1) is 17.7 Å². The number of rotatable bonds is 5. The standard InChI is InChI=1S/C16H14BNO5/c19-15-13-3-1-2-4-14(13)16(20)18(15)9-10-23-12-7-5-11(6-8-12)17(21)22/h1-8,21-22H,9-10H2. The van der Waals surface area contributed by atoms with E-state index in [0.29, 0.717) is 22.3 Å². The van der Waals surface area contributed by atoms with Crippen molar-refractivity contribution in [3.63, 3.8) is 0 Å². The van der Waals surface area contributed by atoms with Gasteiger partial charge < -0.3 is 14.8 Å². The minimum absolute atomic E-state index is 0.150. The molecule has 0 unspecified atom stereocenters. The molecule has 3 rings (SSSR count). The Bertz CT molecular complexity index is 709. The Labute approximate surface area is 133 Å². The van der Waals surface area contributed by atoms with Crippen molar-refractivity contribution < 1.29 is 24.4 Å². The summed E-state index contributed by atoms with van der Waals surface area (Å²) in [5.74, 6) is -0.105. The summed E-state index contributed by atoms with van der Waals surface area (Å²) in [6, 6.07) is 13.0. The van der Waals surface area contributed by atoms with Crippen LogP contribution in [0.1, 0.15) is 20.7 Å². The monoisotopic (exact) mass is 311 g/mol. The summed E-state index contributed by atoms with van der Waals surface area (Å²) in [5, 5.41) is 18.0. The van der Waals surface area contributed by atoms with Gasteiger partial charge in [-0.1, -0.05) is 24.3 Å². The van der Waals surface area contributed by atoms with Crippen molar-refractivity contribution in [3.8, 4) is 5.75 Å². The molecule has 0 saturated carbocycles. The molecular weight excluding hydrogens is 297 g/mol. The molecule has 7 heteroatoms. The summed E-state index contributed by atoms with van der Waals surface area (Å²) < 4.78 is 5.49. The highest BCUT2D eigenvalue weighted by atomic mass is 16.5. The molecule has 2 aromatic rings. The van der Waals surface area contributed by atoms with E-state index in [-0.39, 0.29) is 25.0 Å². The zero-order valence-electron chi connectivity index (χ0n) is 12.2. The molecule has 1 heterocycles. The molecule has 0 spiro atoms. The van der Waals surface area contributed by atoms with E-state index >= 15 is 0 Å². The molecule has 116 valence electrons. The molecule has 23 heavy (non-hydrogen) atoms. The molecule has 0 saturated heterocycles. The first-order valence-corrected chi connectivity index (χ1v) is 7.12. The molecule has 2 N–H and O–H groups in total. The van der Waals surface area contributed by atoms with Gasteiger partial charge in [0.15, 0.2) is 0 Å². The SMILES string of the molecule is O=C1c2ccccc2C(=O)N1CCOc1ccc(B(O)O)cc1. The largest absolute Gasteiger partial charge is 0.492 e. The van der Waals surface area contributed by atoms with E-state index < -0.39 is 7.12 Å². The number of ether oxygens (including phenoxy) is 1. The summed E-state index contributed by atoms with van der Waals surface area (Å²) >= 11 is 0. The first-order chi connectivity index (χ1) is 11.1. The van der Waals surface area contributed by atoms with Gasteiger partial charge in [-0.25, -0.2) is 0 Å². The average Bonchev–Trinajstić information content (AvgIpc) is 2.81. The van der Waals surface area contributed by atoms with Gasteiger partial charge in [-0.3, -0.25) is 14.5 Å². The lowest BCUT2D eigenvalue weighted by molar-refractivity contribution is 0.0631. The van der Waals surface area contributed by atoms with Crippen LogP contribution in [-0.4, -0.2) is 47.0 Å². The zero-order chi connectivity index (χ0) is 16.4. The third-order valence-electron chi connectivity index (χ3n) is 3.64. The van der Waals surface area contributed by atoms with Crippen molar-refractivity contribution in [2.75, 3.05) is 13.2 Å². The lowest BCUT2D eigenvalue weighted by Crippen LogP contribution is -2.33. The van der Waals surface area contributed by atoms with E-state index in [1.165, 1.54) is 12.1 Å². The number of carbonyl (C=O) groups excluding carboxylic acids is 2. The van der Waals surface area contributed by atoms with E-state index in [2.05, 4.69) is 0 Å². The molecule has 6 nitrogen and oxygen atoms in total. The molecule has 2 aromatic carbocycles. The quantitative estimate of drug-likeness (QED) is 0.601. The van der Waals surface area contributed by atoms with Gasteiger partial charge >= 0.3 is 7.12 Å². The van der Waals surface area contributed by atoms with Crippen molar-refractivity contribution >= 4 is 24.4 Å². The highest BCUT2D eigenvalue weighted by Gasteiger charge is 2.34. The van der Waals surface area contributed by atoms with Crippen molar-refractivity contribution in [1.29, 1.82) is 0 Å². The Kier molecular flexibility index (Phi) is 4.14. The fourth-order valence-corrected chi connectivity index (χ4v) is 2.43. The molecule has 0 fully saturated rings. The number of carbonyl (C=O) groups is 2. The Morgan fingerprint density at radius 1 is 0.913 bits per heavy atom. The van der Waals surface area contributed by atoms with Crippen LogP contribution in [0.5, 0.6) is 5.75 Å². The third kappa shape index (κ3) is 2.97. The van der Waals surface area contributed by atoms with Crippen LogP contribution in [0.2, 0.25) is 0 Å². The van der Waals surface area contributed by atoms with Gasteiger partial charge in [0.1, 0.15) is 12.4 Å². The lowest BCUT2D eigenvalue weighted by Gasteiger charge is -2.14. The van der Waals surface area contributed by atoms with Gasteiger partial charge in [0.25, 0.3) is 11.8 Å². The molecule has 1 aliphatic heterocycles. The fourth-order valence-electron chi connectivity index (χ4n) is 2.43. The van der Waals surface area contributed by atoms with Crippen molar-refractivity contribution in [1.82, 2.24) is 4.90 Å². The number of benzene rings is 2. The minimum Gasteiger partial charge on any atom is -0.492 e. The summed E-state index contributed by atoms with van der Waals surface area (Å²) in [6.45, 7) is 0.309. The van der Waals surface area contributed by atoms with Crippen molar-refractivity contribution in [3.05, 3.63) is 59.7 Å². The Morgan fingerprint density at radius 3 is 2.00 bits per heavy atom. The molecule has 0 radical (unpaired) electrons. The Hall–Kier alpha value is -2.64. The molecule has 0 aliphatic carbocycles. The highest BCUT2D eigenvalue weighted by Crippen LogP contribution is 2.22. The third-order valence-corrected chi connectivity index (χ3v) is 3.64. The minimum atomic E-state index is -1.53. The van der Waals surface area contributed by atoms with E-state index in [1.807, 2.05) is 0 Å². The maximum absolute atomic E-state index is 12.2. The number of hydrogen-bond acceptors (Lipinski definition) is 5. The topological polar surface area (TPSA) is 87.1 Å². The van der Waals surface area contributed by atoms with Crippen LogP contribution in [0.3, 0.4) is 0 Å².